The number of aromatic nitrogens is 5. The normalized spacial score (nSPS) is 16.1. The summed E-state index contributed by atoms with van der Waals surface area (Å²) in [6.45, 7) is 1.89. The summed E-state index contributed by atoms with van der Waals surface area (Å²) in [6.07, 6.45) is 8.69. The standard InChI is InChI=1S/C24H21BN6O/c25-23-7-5-19-18(2-1-3-22(19)30-23)20-13-29-31-14-15(10-28-24(20)31)21-6-4-16(12-27-21)32-17-8-9-26-11-17/h1-7,10,12-14,17,26H,8-9,11,25H2/t17-/m1/s1. The fourth-order valence-electron chi connectivity index (χ4n) is 4.23. The molecule has 1 atom stereocenters. The van der Waals surface area contributed by atoms with Crippen LogP contribution in [0.25, 0.3) is 38.9 Å². The number of benzene rings is 1. The molecule has 0 aliphatic carbocycles. The Morgan fingerprint density at radius 1 is 1.00 bits per heavy atom. The van der Waals surface area contributed by atoms with Gasteiger partial charge in [0, 0.05) is 35.5 Å². The van der Waals surface area contributed by atoms with Gasteiger partial charge in [0.15, 0.2) is 13.5 Å². The summed E-state index contributed by atoms with van der Waals surface area (Å²) in [6, 6.07) is 14.2. The average Bonchev–Trinajstić information content (AvgIpc) is 3.48. The van der Waals surface area contributed by atoms with Crippen molar-refractivity contribution in [2.24, 2.45) is 0 Å². The van der Waals surface area contributed by atoms with E-state index in [0.29, 0.717) is 0 Å². The SMILES string of the molecule is Bc1ccc2c(-c3cnn4cc(-c5ccc(O[C@@H]6CCNC6)cn5)cnc34)cccc2n1. The van der Waals surface area contributed by atoms with E-state index in [1.165, 1.54) is 0 Å². The fraction of sp³-hybridized carbons (Fsp3) is 0.167. The predicted octanol–water partition coefficient (Wildman–Crippen LogP) is 2.01. The first-order chi connectivity index (χ1) is 15.7. The number of ether oxygens (including phenoxy) is 1. The summed E-state index contributed by atoms with van der Waals surface area (Å²) < 4.78 is 7.77. The van der Waals surface area contributed by atoms with Crippen LogP contribution in [-0.4, -0.2) is 51.6 Å². The van der Waals surface area contributed by atoms with E-state index in [-0.39, 0.29) is 6.10 Å². The summed E-state index contributed by atoms with van der Waals surface area (Å²) in [5, 5.41) is 8.96. The number of pyridine rings is 2. The van der Waals surface area contributed by atoms with Gasteiger partial charge in [0.05, 0.1) is 23.6 Å². The summed E-state index contributed by atoms with van der Waals surface area (Å²) in [5.41, 5.74) is 6.56. The molecule has 0 spiro atoms. The fourth-order valence-corrected chi connectivity index (χ4v) is 4.23. The molecule has 4 aromatic heterocycles. The molecular formula is C24H21BN6O. The zero-order valence-corrected chi connectivity index (χ0v) is 17.7. The summed E-state index contributed by atoms with van der Waals surface area (Å²) in [7, 11) is 2.00. The molecule has 1 aliphatic heterocycles. The second kappa shape index (κ2) is 7.73. The summed E-state index contributed by atoms with van der Waals surface area (Å²) >= 11 is 0. The maximum absolute atomic E-state index is 5.97. The van der Waals surface area contributed by atoms with Gasteiger partial charge in [-0.1, -0.05) is 24.3 Å². The van der Waals surface area contributed by atoms with Crippen molar-refractivity contribution in [2.75, 3.05) is 13.1 Å². The van der Waals surface area contributed by atoms with Crippen molar-refractivity contribution in [3.8, 4) is 28.1 Å². The number of fused-ring (bicyclic) bond motifs is 2. The van der Waals surface area contributed by atoms with Crippen LogP contribution in [0.4, 0.5) is 0 Å². The minimum Gasteiger partial charge on any atom is -0.487 e. The van der Waals surface area contributed by atoms with E-state index in [4.69, 9.17) is 9.72 Å². The Morgan fingerprint density at radius 2 is 1.97 bits per heavy atom. The largest absolute Gasteiger partial charge is 0.487 e. The van der Waals surface area contributed by atoms with E-state index in [0.717, 1.165) is 69.8 Å². The molecule has 1 aromatic carbocycles. The lowest BCUT2D eigenvalue weighted by atomic mass is 9.99. The Kier molecular flexibility index (Phi) is 4.58. The lowest BCUT2D eigenvalue weighted by Gasteiger charge is -2.12. The average molecular weight is 420 g/mol. The van der Waals surface area contributed by atoms with Gasteiger partial charge in [-0.2, -0.15) is 5.10 Å². The summed E-state index contributed by atoms with van der Waals surface area (Å²) in [4.78, 5) is 14.0. The van der Waals surface area contributed by atoms with Gasteiger partial charge < -0.3 is 10.1 Å². The Morgan fingerprint density at radius 3 is 2.81 bits per heavy atom. The monoisotopic (exact) mass is 420 g/mol. The highest BCUT2D eigenvalue weighted by atomic mass is 16.5. The lowest BCUT2D eigenvalue weighted by Crippen LogP contribution is -2.19. The van der Waals surface area contributed by atoms with Crippen LogP contribution < -0.4 is 15.6 Å². The molecule has 1 N–H and O–H groups in total. The zero-order valence-electron chi connectivity index (χ0n) is 17.7. The second-order valence-electron chi connectivity index (χ2n) is 8.11. The first-order valence-electron chi connectivity index (χ1n) is 10.8. The topological polar surface area (TPSA) is 77.2 Å². The smallest absolute Gasteiger partial charge is 0.163 e. The van der Waals surface area contributed by atoms with Gasteiger partial charge in [-0.3, -0.25) is 9.97 Å². The maximum atomic E-state index is 5.97. The van der Waals surface area contributed by atoms with E-state index in [1.807, 2.05) is 56.8 Å². The highest BCUT2D eigenvalue weighted by Gasteiger charge is 2.16. The Labute approximate surface area is 185 Å². The first kappa shape index (κ1) is 19.0. The molecule has 6 rings (SSSR count). The van der Waals surface area contributed by atoms with Gasteiger partial charge in [0.1, 0.15) is 11.9 Å². The Balaban J connectivity index is 1.33. The third-order valence-corrected chi connectivity index (χ3v) is 5.87. The van der Waals surface area contributed by atoms with Crippen LogP contribution in [0.1, 0.15) is 6.42 Å². The highest BCUT2D eigenvalue weighted by Crippen LogP contribution is 2.30. The first-order valence-corrected chi connectivity index (χ1v) is 10.8. The molecule has 7 nitrogen and oxygen atoms in total. The van der Waals surface area contributed by atoms with Crippen molar-refractivity contribution in [1.29, 1.82) is 0 Å². The van der Waals surface area contributed by atoms with Crippen molar-refractivity contribution < 1.29 is 4.74 Å². The van der Waals surface area contributed by atoms with Crippen molar-refractivity contribution in [1.82, 2.24) is 29.9 Å². The minimum atomic E-state index is 0.219. The number of hydrogen-bond acceptors (Lipinski definition) is 6. The molecule has 1 aliphatic rings. The van der Waals surface area contributed by atoms with Crippen LogP contribution in [0.3, 0.4) is 0 Å². The van der Waals surface area contributed by atoms with Gasteiger partial charge in [-0.05, 0) is 42.3 Å². The molecule has 1 saturated heterocycles. The van der Waals surface area contributed by atoms with Gasteiger partial charge in [-0.15, -0.1) is 0 Å². The summed E-state index contributed by atoms with van der Waals surface area (Å²) in [5.74, 6) is 0.790. The molecule has 5 heterocycles. The molecule has 156 valence electrons. The van der Waals surface area contributed by atoms with Crippen LogP contribution >= 0.6 is 0 Å². The molecule has 0 bridgehead atoms. The van der Waals surface area contributed by atoms with Crippen LogP contribution in [-0.2, 0) is 0 Å². The zero-order chi connectivity index (χ0) is 21.5. The van der Waals surface area contributed by atoms with Crippen LogP contribution in [0.5, 0.6) is 5.75 Å². The molecule has 0 unspecified atom stereocenters. The molecule has 32 heavy (non-hydrogen) atoms. The molecule has 0 amide bonds. The molecule has 8 heteroatoms. The predicted molar refractivity (Wildman–Crippen MR) is 127 cm³/mol. The number of hydrogen-bond donors (Lipinski definition) is 1. The van der Waals surface area contributed by atoms with E-state index in [1.54, 1.807) is 10.7 Å². The van der Waals surface area contributed by atoms with E-state index in [2.05, 4.69) is 32.5 Å². The Hall–Kier alpha value is -3.78. The van der Waals surface area contributed by atoms with Crippen LogP contribution in [0.15, 0.2) is 67.3 Å². The van der Waals surface area contributed by atoms with Gasteiger partial charge in [-0.25, -0.2) is 9.50 Å². The third-order valence-electron chi connectivity index (χ3n) is 5.87. The van der Waals surface area contributed by atoms with Crippen molar-refractivity contribution in [3.05, 3.63) is 67.3 Å². The number of nitrogens with one attached hydrogen (secondary N) is 1. The van der Waals surface area contributed by atoms with Crippen molar-refractivity contribution in [3.63, 3.8) is 0 Å². The van der Waals surface area contributed by atoms with Crippen molar-refractivity contribution >= 4 is 30.0 Å². The van der Waals surface area contributed by atoms with E-state index >= 15 is 0 Å². The lowest BCUT2D eigenvalue weighted by molar-refractivity contribution is 0.222. The van der Waals surface area contributed by atoms with Gasteiger partial charge in [0.25, 0.3) is 0 Å². The Bertz CT molecular complexity index is 1430. The van der Waals surface area contributed by atoms with Gasteiger partial charge >= 0.3 is 0 Å². The van der Waals surface area contributed by atoms with Gasteiger partial charge in [0.2, 0.25) is 0 Å². The van der Waals surface area contributed by atoms with Crippen LogP contribution in [0, 0.1) is 0 Å². The second-order valence-corrected chi connectivity index (χ2v) is 8.11. The molecule has 1 fully saturated rings. The quantitative estimate of drug-likeness (QED) is 0.449. The third kappa shape index (κ3) is 3.38. The van der Waals surface area contributed by atoms with E-state index < -0.39 is 0 Å². The van der Waals surface area contributed by atoms with E-state index in [9.17, 15) is 0 Å². The van der Waals surface area contributed by atoms with Crippen molar-refractivity contribution in [2.45, 2.75) is 12.5 Å². The minimum absolute atomic E-state index is 0.219. The molecule has 0 radical (unpaired) electrons. The molecular weight excluding hydrogens is 399 g/mol. The van der Waals surface area contributed by atoms with Crippen LogP contribution in [0.2, 0.25) is 0 Å². The maximum Gasteiger partial charge on any atom is 0.163 e. The number of nitrogens with zero attached hydrogens (tertiary/aromatic N) is 5. The highest BCUT2D eigenvalue weighted by molar-refractivity contribution is 6.31. The number of rotatable bonds is 4. The molecule has 0 saturated carbocycles. The molecule has 5 aromatic rings.